The molecule has 0 saturated heterocycles. The van der Waals surface area contributed by atoms with Gasteiger partial charge in [-0.15, -0.1) is 0 Å². The van der Waals surface area contributed by atoms with Crippen LogP contribution in [0.3, 0.4) is 0 Å². The zero-order valence-corrected chi connectivity index (χ0v) is 7.18. The molecule has 0 aromatic carbocycles. The van der Waals surface area contributed by atoms with Gasteiger partial charge in [-0.05, 0) is 13.3 Å². The van der Waals surface area contributed by atoms with Gasteiger partial charge < -0.3 is 5.32 Å². The second-order valence-corrected chi connectivity index (χ2v) is 2.58. The summed E-state index contributed by atoms with van der Waals surface area (Å²) < 4.78 is 0. The van der Waals surface area contributed by atoms with Gasteiger partial charge in [0.1, 0.15) is 0 Å². The van der Waals surface area contributed by atoms with E-state index < -0.39 is 0 Å². The summed E-state index contributed by atoms with van der Waals surface area (Å²) in [5.41, 5.74) is 2.08. The number of nitrogens with one attached hydrogen (secondary N) is 2. The van der Waals surface area contributed by atoms with Crippen LogP contribution in [0.4, 0.5) is 0 Å². The number of carbonyl (C=O) groups is 1. The molecule has 66 valence electrons. The Morgan fingerprint density at radius 3 is 2.73 bits per heavy atom. The predicted octanol–water partition coefficient (Wildman–Crippen LogP) is -0.245. The molecule has 11 heavy (non-hydrogen) atoms. The van der Waals surface area contributed by atoms with Crippen LogP contribution < -0.4 is 16.6 Å². The normalized spacial score (nSPS) is 12.6. The number of hydrogen-bond acceptors (Lipinski definition) is 3. The molecule has 0 saturated carbocycles. The van der Waals surface area contributed by atoms with Gasteiger partial charge in [-0.25, -0.2) is 5.84 Å². The molecule has 0 radical (unpaired) electrons. The largest absolute Gasteiger partial charge is 0.314 e. The predicted molar refractivity (Wildman–Crippen MR) is 44.7 cm³/mol. The minimum Gasteiger partial charge on any atom is -0.314 e. The third-order valence-corrected chi connectivity index (χ3v) is 1.62. The quantitative estimate of drug-likeness (QED) is 0.294. The number of rotatable bonds is 5. The summed E-state index contributed by atoms with van der Waals surface area (Å²) in [7, 11) is 0. The first-order valence-corrected chi connectivity index (χ1v) is 3.93. The Labute approximate surface area is 67.5 Å². The van der Waals surface area contributed by atoms with Crippen LogP contribution in [0.1, 0.15) is 26.7 Å². The van der Waals surface area contributed by atoms with Crippen molar-refractivity contribution in [2.24, 2.45) is 5.84 Å². The SMILES string of the molecule is CCC(C)NCCC(=O)NN. The Morgan fingerprint density at radius 2 is 2.27 bits per heavy atom. The van der Waals surface area contributed by atoms with E-state index in [9.17, 15) is 4.79 Å². The van der Waals surface area contributed by atoms with Gasteiger partial charge in [0.2, 0.25) is 5.91 Å². The zero-order chi connectivity index (χ0) is 8.69. The first-order valence-electron chi connectivity index (χ1n) is 3.93. The molecule has 0 bridgehead atoms. The highest BCUT2D eigenvalue weighted by Gasteiger charge is 1.99. The number of amides is 1. The van der Waals surface area contributed by atoms with Crippen LogP contribution in [0.25, 0.3) is 0 Å². The molecule has 4 heteroatoms. The van der Waals surface area contributed by atoms with Crippen LogP contribution >= 0.6 is 0 Å². The van der Waals surface area contributed by atoms with Crippen LogP contribution in [0.2, 0.25) is 0 Å². The first-order chi connectivity index (χ1) is 5.20. The number of hydrazine groups is 1. The lowest BCUT2D eigenvalue weighted by atomic mass is 10.2. The van der Waals surface area contributed by atoms with Gasteiger partial charge in [0, 0.05) is 19.0 Å². The fourth-order valence-corrected chi connectivity index (χ4v) is 0.649. The van der Waals surface area contributed by atoms with Gasteiger partial charge in [-0.2, -0.15) is 0 Å². The van der Waals surface area contributed by atoms with Crippen molar-refractivity contribution in [2.45, 2.75) is 32.7 Å². The Kier molecular flexibility index (Phi) is 5.78. The molecule has 1 atom stereocenters. The van der Waals surface area contributed by atoms with E-state index >= 15 is 0 Å². The van der Waals surface area contributed by atoms with E-state index in [1.807, 2.05) is 0 Å². The van der Waals surface area contributed by atoms with Crippen molar-refractivity contribution in [3.05, 3.63) is 0 Å². The third kappa shape index (κ3) is 5.82. The molecular formula is C7H17N3O. The van der Waals surface area contributed by atoms with Crippen molar-refractivity contribution in [3.63, 3.8) is 0 Å². The van der Waals surface area contributed by atoms with E-state index in [4.69, 9.17) is 5.84 Å². The van der Waals surface area contributed by atoms with E-state index in [1.54, 1.807) is 0 Å². The summed E-state index contributed by atoms with van der Waals surface area (Å²) >= 11 is 0. The van der Waals surface area contributed by atoms with Gasteiger partial charge in [-0.3, -0.25) is 10.2 Å². The number of nitrogens with two attached hydrogens (primary N) is 1. The zero-order valence-electron chi connectivity index (χ0n) is 7.18. The molecular weight excluding hydrogens is 142 g/mol. The van der Waals surface area contributed by atoms with Gasteiger partial charge in [-0.1, -0.05) is 6.92 Å². The van der Waals surface area contributed by atoms with Crippen LogP contribution in [0, 0.1) is 0 Å². The highest BCUT2D eigenvalue weighted by molar-refractivity contribution is 5.75. The number of carbonyl (C=O) groups excluding carboxylic acids is 1. The van der Waals surface area contributed by atoms with E-state index in [1.165, 1.54) is 0 Å². The Morgan fingerprint density at radius 1 is 1.64 bits per heavy atom. The minimum absolute atomic E-state index is 0.124. The number of hydrogen-bond donors (Lipinski definition) is 3. The van der Waals surface area contributed by atoms with E-state index in [0.717, 1.165) is 6.42 Å². The first kappa shape index (κ1) is 10.4. The standard InChI is InChI=1S/C7H17N3O/c1-3-6(2)9-5-4-7(11)10-8/h6,9H,3-5,8H2,1-2H3,(H,10,11). The molecule has 0 aliphatic heterocycles. The van der Waals surface area contributed by atoms with Crippen molar-refractivity contribution in [2.75, 3.05) is 6.54 Å². The average molecular weight is 159 g/mol. The van der Waals surface area contributed by atoms with Gasteiger partial charge in [0.25, 0.3) is 0 Å². The van der Waals surface area contributed by atoms with E-state index in [0.29, 0.717) is 19.0 Å². The summed E-state index contributed by atoms with van der Waals surface area (Å²) in [6.45, 7) is 4.87. The van der Waals surface area contributed by atoms with Crippen molar-refractivity contribution in [1.29, 1.82) is 0 Å². The highest BCUT2D eigenvalue weighted by atomic mass is 16.2. The van der Waals surface area contributed by atoms with Crippen molar-refractivity contribution >= 4 is 5.91 Å². The fraction of sp³-hybridized carbons (Fsp3) is 0.857. The lowest BCUT2D eigenvalue weighted by Gasteiger charge is -2.09. The monoisotopic (exact) mass is 159 g/mol. The maximum atomic E-state index is 10.6. The van der Waals surface area contributed by atoms with E-state index in [-0.39, 0.29) is 5.91 Å². The molecule has 0 spiro atoms. The van der Waals surface area contributed by atoms with Crippen molar-refractivity contribution in [3.8, 4) is 0 Å². The molecule has 0 aromatic rings. The molecule has 0 aliphatic carbocycles. The molecule has 0 fully saturated rings. The second-order valence-electron chi connectivity index (χ2n) is 2.58. The smallest absolute Gasteiger partial charge is 0.235 e. The maximum absolute atomic E-state index is 10.6. The maximum Gasteiger partial charge on any atom is 0.235 e. The summed E-state index contributed by atoms with van der Waals surface area (Å²) in [5.74, 6) is 4.77. The molecule has 0 heterocycles. The molecule has 4 N–H and O–H groups in total. The molecule has 0 aromatic heterocycles. The van der Waals surface area contributed by atoms with Gasteiger partial charge in [0.15, 0.2) is 0 Å². The van der Waals surface area contributed by atoms with Crippen LogP contribution in [0.15, 0.2) is 0 Å². The minimum atomic E-state index is -0.124. The molecule has 1 unspecified atom stereocenters. The van der Waals surface area contributed by atoms with E-state index in [2.05, 4.69) is 24.6 Å². The Bertz CT molecular complexity index is 116. The summed E-state index contributed by atoms with van der Waals surface area (Å²) in [6, 6.07) is 0.473. The molecule has 1 amide bonds. The van der Waals surface area contributed by atoms with Crippen LogP contribution in [0.5, 0.6) is 0 Å². The lowest BCUT2D eigenvalue weighted by molar-refractivity contribution is -0.121. The third-order valence-electron chi connectivity index (χ3n) is 1.62. The van der Waals surface area contributed by atoms with Crippen LogP contribution in [-0.4, -0.2) is 18.5 Å². The van der Waals surface area contributed by atoms with Gasteiger partial charge >= 0.3 is 0 Å². The van der Waals surface area contributed by atoms with Crippen molar-refractivity contribution < 1.29 is 4.79 Å². The van der Waals surface area contributed by atoms with Crippen molar-refractivity contribution in [1.82, 2.24) is 10.7 Å². The lowest BCUT2D eigenvalue weighted by Crippen LogP contribution is -2.34. The Balaban J connectivity index is 3.20. The molecule has 4 nitrogen and oxygen atoms in total. The topological polar surface area (TPSA) is 67.2 Å². The Hall–Kier alpha value is -0.610. The average Bonchev–Trinajstić information content (AvgIpc) is 2.04. The summed E-state index contributed by atoms with van der Waals surface area (Å²) in [5, 5.41) is 3.18. The summed E-state index contributed by atoms with van der Waals surface area (Å²) in [6.07, 6.45) is 1.52. The second kappa shape index (κ2) is 6.12. The molecule has 0 aliphatic rings. The summed E-state index contributed by atoms with van der Waals surface area (Å²) in [4.78, 5) is 10.6. The highest BCUT2D eigenvalue weighted by Crippen LogP contribution is 1.87. The molecule has 0 rings (SSSR count). The van der Waals surface area contributed by atoms with Gasteiger partial charge in [0.05, 0.1) is 0 Å². The van der Waals surface area contributed by atoms with Crippen LogP contribution in [-0.2, 0) is 4.79 Å². The fourth-order valence-electron chi connectivity index (χ4n) is 0.649.